The van der Waals surface area contributed by atoms with E-state index < -0.39 is 0 Å². The maximum absolute atomic E-state index is 14.0. The van der Waals surface area contributed by atoms with Gasteiger partial charge in [0.15, 0.2) is 0 Å². The van der Waals surface area contributed by atoms with Crippen LogP contribution in [0.5, 0.6) is 0 Å². The van der Waals surface area contributed by atoms with E-state index in [0.29, 0.717) is 49.1 Å². The Hall–Kier alpha value is -2.57. The summed E-state index contributed by atoms with van der Waals surface area (Å²) < 4.78 is 20.5. The van der Waals surface area contributed by atoms with E-state index in [1.54, 1.807) is 41.6 Å². The molecular weight excluding hydrogens is 325 g/mol. The van der Waals surface area contributed by atoms with Gasteiger partial charge in [0.25, 0.3) is 5.91 Å². The summed E-state index contributed by atoms with van der Waals surface area (Å²) in [5, 5.41) is 3.69. The number of para-hydroxylation sites is 1. The molecule has 1 aliphatic heterocycles. The first-order valence-corrected chi connectivity index (χ1v) is 8.47. The molecule has 2 heterocycles. The van der Waals surface area contributed by atoms with Gasteiger partial charge in [-0.3, -0.25) is 4.79 Å². The van der Waals surface area contributed by atoms with E-state index in [1.807, 2.05) is 0 Å². The van der Waals surface area contributed by atoms with Crippen LogP contribution < -0.4 is 5.32 Å². The molecule has 1 aromatic heterocycles. The molecule has 0 unspecified atom stereocenters. The van der Waals surface area contributed by atoms with E-state index in [1.165, 1.54) is 6.07 Å². The van der Waals surface area contributed by atoms with Crippen molar-refractivity contribution in [3.63, 3.8) is 0 Å². The highest BCUT2D eigenvalue weighted by molar-refractivity contribution is 5.99. The van der Waals surface area contributed by atoms with E-state index in [9.17, 15) is 14.0 Å². The molecule has 2 amide bonds. The van der Waals surface area contributed by atoms with Gasteiger partial charge in [0.05, 0.1) is 12.1 Å². The Balaban J connectivity index is 1.65. The molecule has 0 bridgehead atoms. The molecule has 1 fully saturated rings. The van der Waals surface area contributed by atoms with Gasteiger partial charge in [-0.15, -0.1) is 0 Å². The van der Waals surface area contributed by atoms with E-state index in [0.717, 1.165) is 0 Å². The van der Waals surface area contributed by atoms with Crippen LogP contribution in [-0.4, -0.2) is 47.2 Å². The zero-order chi connectivity index (χ0) is 18.0. The van der Waals surface area contributed by atoms with Crippen LogP contribution in [0, 0.1) is 5.82 Å². The lowest BCUT2D eigenvalue weighted by Gasteiger charge is -2.31. The van der Waals surface area contributed by atoms with Gasteiger partial charge in [-0.25, -0.2) is 9.18 Å². The van der Waals surface area contributed by atoms with Crippen LogP contribution in [0.2, 0.25) is 0 Å². The minimum Gasteiger partial charge on any atom is -0.450 e. The fraction of sp³-hybridized carbons (Fsp3) is 0.444. The number of nitrogens with zero attached hydrogens (tertiary/aromatic N) is 2. The van der Waals surface area contributed by atoms with Crippen LogP contribution in [0.25, 0.3) is 10.9 Å². The number of amides is 2. The third kappa shape index (κ3) is 3.45. The minimum atomic E-state index is -0.346. The first-order chi connectivity index (χ1) is 12.0. The molecule has 1 aliphatic rings. The Morgan fingerprint density at radius 1 is 1.32 bits per heavy atom. The summed E-state index contributed by atoms with van der Waals surface area (Å²) in [5.41, 5.74) is 0.845. The summed E-state index contributed by atoms with van der Waals surface area (Å²) in [5.74, 6) is -0.575. The molecule has 0 spiro atoms. The van der Waals surface area contributed by atoms with E-state index in [4.69, 9.17) is 4.74 Å². The standard InChI is InChI=1S/C18H22FN3O3/c1-3-25-18(24)22-9-7-13(8-10-22)20-17(23)15-11-12-5-4-6-14(19)16(12)21(15)2/h4-6,11,13H,3,7-10H2,1-2H3,(H,20,23). The number of likely N-dealkylation sites (tertiary alicyclic amines) is 1. The Kier molecular flexibility index (Phi) is 4.92. The van der Waals surface area contributed by atoms with Crippen molar-refractivity contribution in [2.24, 2.45) is 7.05 Å². The summed E-state index contributed by atoms with van der Waals surface area (Å²) >= 11 is 0. The number of aromatic nitrogens is 1. The molecular formula is C18H22FN3O3. The van der Waals surface area contributed by atoms with Gasteiger partial charge < -0.3 is 19.5 Å². The number of aryl methyl sites for hydroxylation is 1. The van der Waals surface area contributed by atoms with Gasteiger partial charge in [0.2, 0.25) is 0 Å². The summed E-state index contributed by atoms with van der Waals surface area (Å²) in [4.78, 5) is 25.9. The Labute approximate surface area is 145 Å². The van der Waals surface area contributed by atoms with Crippen molar-refractivity contribution in [1.29, 1.82) is 0 Å². The van der Waals surface area contributed by atoms with Gasteiger partial charge in [0, 0.05) is 31.6 Å². The molecule has 0 aliphatic carbocycles. The van der Waals surface area contributed by atoms with Gasteiger partial charge in [0.1, 0.15) is 11.5 Å². The van der Waals surface area contributed by atoms with Crippen molar-refractivity contribution in [2.45, 2.75) is 25.8 Å². The number of carbonyl (C=O) groups is 2. The summed E-state index contributed by atoms with van der Waals surface area (Å²) in [6, 6.07) is 6.48. The molecule has 0 saturated carbocycles. The second-order valence-electron chi connectivity index (χ2n) is 6.20. The minimum absolute atomic E-state index is 0.0129. The molecule has 0 radical (unpaired) electrons. The number of nitrogens with one attached hydrogen (secondary N) is 1. The van der Waals surface area contributed by atoms with Gasteiger partial charge in [-0.05, 0) is 31.9 Å². The molecule has 1 saturated heterocycles. The maximum atomic E-state index is 14.0. The average molecular weight is 347 g/mol. The van der Waals surface area contributed by atoms with Crippen molar-refractivity contribution in [3.8, 4) is 0 Å². The maximum Gasteiger partial charge on any atom is 0.409 e. The number of rotatable bonds is 3. The second kappa shape index (κ2) is 7.13. The van der Waals surface area contributed by atoms with E-state index >= 15 is 0 Å². The van der Waals surface area contributed by atoms with Gasteiger partial charge in [-0.1, -0.05) is 12.1 Å². The van der Waals surface area contributed by atoms with Gasteiger partial charge in [-0.2, -0.15) is 0 Å². The smallest absolute Gasteiger partial charge is 0.409 e. The number of carbonyl (C=O) groups excluding carboxylic acids is 2. The first kappa shape index (κ1) is 17.3. The molecule has 3 rings (SSSR count). The second-order valence-corrected chi connectivity index (χ2v) is 6.20. The molecule has 2 aromatic rings. The Morgan fingerprint density at radius 2 is 2.04 bits per heavy atom. The molecule has 25 heavy (non-hydrogen) atoms. The zero-order valence-corrected chi connectivity index (χ0v) is 14.4. The molecule has 6 nitrogen and oxygen atoms in total. The first-order valence-electron chi connectivity index (χ1n) is 8.47. The fourth-order valence-corrected chi connectivity index (χ4v) is 3.27. The number of halogens is 1. The average Bonchev–Trinajstić information content (AvgIpc) is 2.94. The largest absolute Gasteiger partial charge is 0.450 e. The van der Waals surface area contributed by atoms with Crippen molar-refractivity contribution >= 4 is 22.9 Å². The van der Waals surface area contributed by atoms with Crippen molar-refractivity contribution in [2.75, 3.05) is 19.7 Å². The van der Waals surface area contributed by atoms with Crippen molar-refractivity contribution < 1.29 is 18.7 Å². The van der Waals surface area contributed by atoms with E-state index in [-0.39, 0.29) is 23.9 Å². The SMILES string of the molecule is CCOC(=O)N1CCC(NC(=O)c2cc3cccc(F)c3n2C)CC1. The number of fused-ring (bicyclic) bond motifs is 1. The number of ether oxygens (including phenoxy) is 1. The lowest BCUT2D eigenvalue weighted by molar-refractivity contribution is 0.0855. The van der Waals surface area contributed by atoms with Crippen LogP contribution >= 0.6 is 0 Å². The normalized spacial score (nSPS) is 15.4. The molecule has 0 atom stereocenters. The van der Waals surface area contributed by atoms with E-state index in [2.05, 4.69) is 5.32 Å². The van der Waals surface area contributed by atoms with Gasteiger partial charge >= 0.3 is 6.09 Å². The number of hydrogen-bond donors (Lipinski definition) is 1. The zero-order valence-electron chi connectivity index (χ0n) is 14.4. The molecule has 134 valence electrons. The van der Waals surface area contributed by atoms with Crippen LogP contribution in [0.15, 0.2) is 24.3 Å². The number of benzene rings is 1. The highest BCUT2D eigenvalue weighted by Crippen LogP contribution is 2.22. The molecule has 1 N–H and O–H groups in total. The number of piperidine rings is 1. The van der Waals surface area contributed by atoms with Crippen molar-refractivity contribution in [1.82, 2.24) is 14.8 Å². The summed E-state index contributed by atoms with van der Waals surface area (Å²) in [6.45, 7) is 3.23. The summed E-state index contributed by atoms with van der Waals surface area (Å²) in [6.07, 6.45) is 1.03. The summed E-state index contributed by atoms with van der Waals surface area (Å²) in [7, 11) is 1.68. The Morgan fingerprint density at radius 3 is 2.68 bits per heavy atom. The predicted octanol–water partition coefficient (Wildman–Crippen LogP) is 2.67. The van der Waals surface area contributed by atoms with Crippen molar-refractivity contribution in [3.05, 3.63) is 35.8 Å². The monoisotopic (exact) mass is 347 g/mol. The topological polar surface area (TPSA) is 63.6 Å². The quantitative estimate of drug-likeness (QED) is 0.928. The Bertz CT molecular complexity index is 794. The third-order valence-corrected chi connectivity index (χ3v) is 4.60. The van der Waals surface area contributed by atoms with Crippen LogP contribution in [0.1, 0.15) is 30.3 Å². The highest BCUT2D eigenvalue weighted by atomic mass is 19.1. The highest BCUT2D eigenvalue weighted by Gasteiger charge is 2.25. The lowest BCUT2D eigenvalue weighted by Crippen LogP contribution is -2.46. The third-order valence-electron chi connectivity index (χ3n) is 4.60. The van der Waals surface area contributed by atoms with Crippen LogP contribution in [-0.2, 0) is 11.8 Å². The fourth-order valence-electron chi connectivity index (χ4n) is 3.27. The molecule has 7 heteroatoms. The number of hydrogen-bond acceptors (Lipinski definition) is 3. The predicted molar refractivity (Wildman–Crippen MR) is 92.0 cm³/mol. The van der Waals surface area contributed by atoms with Crippen LogP contribution in [0.4, 0.5) is 9.18 Å². The van der Waals surface area contributed by atoms with Crippen LogP contribution in [0.3, 0.4) is 0 Å². The molecule has 1 aromatic carbocycles. The lowest BCUT2D eigenvalue weighted by atomic mass is 10.1.